The topological polar surface area (TPSA) is 98.3 Å². The minimum Gasteiger partial charge on any atom is -0.507 e. The lowest BCUT2D eigenvalue weighted by Crippen LogP contribution is -2.09. The van der Waals surface area contributed by atoms with Crippen LogP contribution in [0.3, 0.4) is 0 Å². The quantitative estimate of drug-likeness (QED) is 0.520. The van der Waals surface area contributed by atoms with Gasteiger partial charge < -0.3 is 14.3 Å². The number of oxazole rings is 1. The number of rotatable bonds is 4. The van der Waals surface area contributed by atoms with Crippen LogP contribution >= 0.6 is 0 Å². The van der Waals surface area contributed by atoms with Crippen molar-refractivity contribution < 1.29 is 19.1 Å². The van der Waals surface area contributed by atoms with Gasteiger partial charge in [-0.3, -0.25) is 0 Å². The maximum Gasteiger partial charge on any atom is 0.344 e. The van der Waals surface area contributed by atoms with Crippen LogP contribution in [0, 0.1) is 13.8 Å². The number of aryl methyl sites for hydroxylation is 2. The standard InChI is InChI=1S/C22H17N3O4/c1-13-9-15(10-14(2)21(13)26)3-6-20-25-17-5-4-16(11-18(17)28-20)22(27)29-19-7-8-23-12-24-19/h3-12,26H,1-2H3. The molecule has 144 valence electrons. The van der Waals surface area contributed by atoms with E-state index in [2.05, 4.69) is 15.0 Å². The van der Waals surface area contributed by atoms with Crippen LogP contribution in [0.1, 0.15) is 32.9 Å². The van der Waals surface area contributed by atoms with E-state index < -0.39 is 5.97 Å². The molecule has 0 spiro atoms. The van der Waals surface area contributed by atoms with Crippen molar-refractivity contribution >= 4 is 29.2 Å². The molecule has 0 aliphatic carbocycles. The van der Waals surface area contributed by atoms with Crippen LogP contribution in [0.4, 0.5) is 0 Å². The molecule has 7 heteroatoms. The third-order valence-corrected chi connectivity index (χ3v) is 4.32. The molecule has 0 atom stereocenters. The van der Waals surface area contributed by atoms with E-state index in [-0.39, 0.29) is 5.88 Å². The molecule has 0 unspecified atom stereocenters. The summed E-state index contributed by atoms with van der Waals surface area (Å²) < 4.78 is 10.9. The summed E-state index contributed by atoms with van der Waals surface area (Å²) in [5.41, 5.74) is 3.95. The number of hydrogen-bond donors (Lipinski definition) is 1. The van der Waals surface area contributed by atoms with Gasteiger partial charge in [-0.25, -0.2) is 19.7 Å². The normalized spacial score (nSPS) is 11.2. The fourth-order valence-electron chi connectivity index (χ4n) is 2.89. The highest BCUT2D eigenvalue weighted by molar-refractivity contribution is 5.94. The first-order chi connectivity index (χ1) is 14.0. The monoisotopic (exact) mass is 387 g/mol. The molecule has 0 aliphatic heterocycles. The molecule has 0 saturated carbocycles. The minimum atomic E-state index is -0.547. The highest BCUT2D eigenvalue weighted by atomic mass is 16.5. The first kappa shape index (κ1) is 18.4. The van der Waals surface area contributed by atoms with Gasteiger partial charge in [0.15, 0.2) is 5.58 Å². The summed E-state index contributed by atoms with van der Waals surface area (Å²) in [6.07, 6.45) is 6.39. The Morgan fingerprint density at radius 1 is 1.10 bits per heavy atom. The fraction of sp³-hybridized carbons (Fsp3) is 0.0909. The Hall–Kier alpha value is -4.00. The summed E-state index contributed by atoms with van der Waals surface area (Å²) in [5, 5.41) is 9.88. The molecule has 0 amide bonds. The molecule has 2 heterocycles. The maximum absolute atomic E-state index is 12.3. The lowest BCUT2D eigenvalue weighted by atomic mass is 10.1. The van der Waals surface area contributed by atoms with Gasteiger partial charge in [-0.2, -0.15) is 0 Å². The number of esters is 1. The van der Waals surface area contributed by atoms with Gasteiger partial charge in [0.1, 0.15) is 17.6 Å². The van der Waals surface area contributed by atoms with E-state index in [1.54, 1.807) is 24.3 Å². The van der Waals surface area contributed by atoms with Crippen molar-refractivity contribution in [2.24, 2.45) is 0 Å². The van der Waals surface area contributed by atoms with E-state index in [4.69, 9.17) is 9.15 Å². The van der Waals surface area contributed by atoms with Crippen molar-refractivity contribution in [3.63, 3.8) is 0 Å². The molecular formula is C22H17N3O4. The number of benzene rings is 2. The van der Waals surface area contributed by atoms with Gasteiger partial charge in [0, 0.05) is 18.3 Å². The number of nitrogens with zero attached hydrogens (tertiary/aromatic N) is 3. The number of fused-ring (bicyclic) bond motifs is 1. The summed E-state index contributed by atoms with van der Waals surface area (Å²) in [7, 11) is 0. The second-order valence-electron chi connectivity index (χ2n) is 6.51. The van der Waals surface area contributed by atoms with E-state index in [9.17, 15) is 9.90 Å². The first-order valence-corrected chi connectivity index (χ1v) is 8.87. The van der Waals surface area contributed by atoms with Gasteiger partial charge in [-0.15, -0.1) is 0 Å². The molecule has 0 saturated heterocycles. The van der Waals surface area contributed by atoms with Crippen molar-refractivity contribution in [1.29, 1.82) is 0 Å². The number of aromatic hydroxyl groups is 1. The van der Waals surface area contributed by atoms with Crippen LogP contribution in [-0.2, 0) is 0 Å². The SMILES string of the molecule is Cc1cc(C=Cc2nc3ccc(C(=O)Oc4ccncn4)cc3o2)cc(C)c1O. The molecule has 29 heavy (non-hydrogen) atoms. The Morgan fingerprint density at radius 2 is 1.90 bits per heavy atom. The predicted octanol–water partition coefficient (Wildman–Crippen LogP) is 4.33. The van der Waals surface area contributed by atoms with Crippen LogP contribution in [0.15, 0.2) is 53.3 Å². The lowest BCUT2D eigenvalue weighted by Gasteiger charge is -2.04. The Labute approximate surface area is 166 Å². The zero-order chi connectivity index (χ0) is 20.4. The predicted molar refractivity (Wildman–Crippen MR) is 108 cm³/mol. The van der Waals surface area contributed by atoms with Crippen molar-refractivity contribution in [2.75, 3.05) is 0 Å². The van der Waals surface area contributed by atoms with Gasteiger partial charge in [-0.1, -0.05) is 0 Å². The van der Waals surface area contributed by atoms with Crippen LogP contribution in [0.25, 0.3) is 23.3 Å². The van der Waals surface area contributed by atoms with E-state index in [0.717, 1.165) is 16.7 Å². The number of phenols is 1. The number of aromatic nitrogens is 3. The van der Waals surface area contributed by atoms with Crippen molar-refractivity contribution in [2.45, 2.75) is 13.8 Å². The summed E-state index contributed by atoms with van der Waals surface area (Å²) in [6.45, 7) is 3.70. The molecule has 0 aliphatic rings. The van der Waals surface area contributed by atoms with Gasteiger partial charge >= 0.3 is 5.97 Å². The molecule has 2 aromatic carbocycles. The van der Waals surface area contributed by atoms with Gasteiger partial charge in [-0.05, 0) is 66.9 Å². The Bertz CT molecular complexity index is 1210. The summed E-state index contributed by atoms with van der Waals surface area (Å²) in [4.78, 5) is 24.3. The number of carbonyl (C=O) groups excluding carboxylic acids is 1. The van der Waals surface area contributed by atoms with Crippen LogP contribution in [0.5, 0.6) is 11.6 Å². The average molecular weight is 387 g/mol. The van der Waals surface area contributed by atoms with Gasteiger partial charge in [0.05, 0.1) is 5.56 Å². The largest absolute Gasteiger partial charge is 0.507 e. The zero-order valence-corrected chi connectivity index (χ0v) is 15.8. The third kappa shape index (κ3) is 3.98. The molecule has 0 fully saturated rings. The Balaban J connectivity index is 1.56. The van der Waals surface area contributed by atoms with Crippen LogP contribution in [-0.4, -0.2) is 26.0 Å². The van der Waals surface area contributed by atoms with E-state index in [1.165, 1.54) is 18.6 Å². The minimum absolute atomic E-state index is 0.172. The van der Waals surface area contributed by atoms with E-state index in [0.29, 0.717) is 28.3 Å². The fourth-order valence-corrected chi connectivity index (χ4v) is 2.89. The maximum atomic E-state index is 12.3. The number of hydrogen-bond acceptors (Lipinski definition) is 7. The first-order valence-electron chi connectivity index (χ1n) is 8.87. The highest BCUT2D eigenvalue weighted by Crippen LogP contribution is 2.25. The highest BCUT2D eigenvalue weighted by Gasteiger charge is 2.12. The lowest BCUT2D eigenvalue weighted by molar-refractivity contribution is 0.0727. The molecule has 0 radical (unpaired) electrons. The number of carbonyl (C=O) groups is 1. The molecule has 7 nitrogen and oxygen atoms in total. The summed E-state index contributed by atoms with van der Waals surface area (Å²) in [6, 6.07) is 10.2. The molecule has 1 N–H and O–H groups in total. The van der Waals surface area contributed by atoms with Gasteiger partial charge in [0.2, 0.25) is 11.8 Å². The number of phenolic OH excluding ortho intramolecular Hbond substituents is 1. The second kappa shape index (κ2) is 7.55. The Morgan fingerprint density at radius 3 is 2.62 bits per heavy atom. The van der Waals surface area contributed by atoms with Crippen molar-refractivity contribution in [1.82, 2.24) is 15.0 Å². The Kier molecular flexibility index (Phi) is 4.78. The summed E-state index contributed by atoms with van der Waals surface area (Å²) in [5.74, 6) is 0.329. The van der Waals surface area contributed by atoms with Crippen LogP contribution < -0.4 is 4.74 Å². The second-order valence-corrected chi connectivity index (χ2v) is 6.51. The summed E-state index contributed by atoms with van der Waals surface area (Å²) >= 11 is 0. The van der Waals surface area contributed by atoms with Crippen molar-refractivity contribution in [3.8, 4) is 11.6 Å². The molecule has 4 aromatic rings. The zero-order valence-electron chi connectivity index (χ0n) is 15.8. The van der Waals surface area contributed by atoms with Crippen LogP contribution in [0.2, 0.25) is 0 Å². The third-order valence-electron chi connectivity index (χ3n) is 4.32. The van der Waals surface area contributed by atoms with Gasteiger partial charge in [0.25, 0.3) is 0 Å². The molecular weight excluding hydrogens is 370 g/mol. The van der Waals surface area contributed by atoms with Crippen molar-refractivity contribution in [3.05, 3.63) is 77.1 Å². The molecule has 2 aromatic heterocycles. The number of ether oxygens (including phenoxy) is 1. The van der Waals surface area contributed by atoms with E-state index >= 15 is 0 Å². The molecule has 4 rings (SSSR count). The molecule has 0 bridgehead atoms. The van der Waals surface area contributed by atoms with E-state index in [1.807, 2.05) is 32.1 Å². The average Bonchev–Trinajstić information content (AvgIpc) is 3.13. The smallest absolute Gasteiger partial charge is 0.344 e.